The van der Waals surface area contributed by atoms with Crippen molar-refractivity contribution in [2.24, 2.45) is 0 Å². The first-order valence-corrected chi connectivity index (χ1v) is 7.67. The maximum absolute atomic E-state index is 12.2. The van der Waals surface area contributed by atoms with E-state index in [2.05, 4.69) is 10.6 Å². The van der Waals surface area contributed by atoms with Crippen molar-refractivity contribution in [3.05, 3.63) is 34.9 Å². The lowest BCUT2D eigenvalue weighted by molar-refractivity contribution is -0.121. The summed E-state index contributed by atoms with van der Waals surface area (Å²) in [6.45, 7) is 5.81. The summed E-state index contributed by atoms with van der Waals surface area (Å²) in [4.78, 5) is 24.1. The fourth-order valence-corrected chi connectivity index (χ4v) is 2.66. The van der Waals surface area contributed by atoms with E-state index in [-0.39, 0.29) is 43.0 Å². The third-order valence-electron chi connectivity index (χ3n) is 3.98. The minimum atomic E-state index is -0.0134. The van der Waals surface area contributed by atoms with E-state index in [1.165, 1.54) is 0 Å². The first-order chi connectivity index (χ1) is 10.1. The predicted molar refractivity (Wildman–Crippen MR) is 90.8 cm³/mol. The van der Waals surface area contributed by atoms with Gasteiger partial charge >= 0.3 is 0 Å². The number of carbonyl (C=O) groups excluding carboxylic acids is 2. The van der Waals surface area contributed by atoms with Crippen LogP contribution in [0.4, 0.5) is 0 Å². The summed E-state index contributed by atoms with van der Waals surface area (Å²) in [5.41, 5.74) is 2.79. The minimum Gasteiger partial charge on any atom is -0.353 e. The molecule has 0 spiro atoms. The first kappa shape index (κ1) is 18.7. The normalized spacial score (nSPS) is 15.0. The van der Waals surface area contributed by atoms with Crippen LogP contribution in [0.15, 0.2) is 18.2 Å². The van der Waals surface area contributed by atoms with Crippen LogP contribution in [0.25, 0.3) is 0 Å². The van der Waals surface area contributed by atoms with Gasteiger partial charge in [-0.25, -0.2) is 0 Å². The Labute approximate surface area is 138 Å². The lowest BCUT2D eigenvalue weighted by Gasteiger charge is -2.23. The molecular weight excluding hydrogens is 300 g/mol. The van der Waals surface area contributed by atoms with Gasteiger partial charge in [0.05, 0.1) is 0 Å². The van der Waals surface area contributed by atoms with E-state index in [9.17, 15) is 9.59 Å². The van der Waals surface area contributed by atoms with Crippen LogP contribution in [0.3, 0.4) is 0 Å². The van der Waals surface area contributed by atoms with E-state index in [1.807, 2.05) is 32.0 Å². The van der Waals surface area contributed by atoms with Crippen LogP contribution in [0, 0.1) is 13.8 Å². The molecule has 1 amide bonds. The average molecular weight is 325 g/mol. The number of amides is 1. The number of ketones is 1. The Hall–Kier alpha value is -1.39. The van der Waals surface area contributed by atoms with Gasteiger partial charge in [0.25, 0.3) is 0 Å². The summed E-state index contributed by atoms with van der Waals surface area (Å²) >= 11 is 0. The molecule has 122 valence electrons. The van der Waals surface area contributed by atoms with Crippen LogP contribution in [-0.2, 0) is 4.79 Å². The van der Waals surface area contributed by atoms with Gasteiger partial charge in [-0.1, -0.05) is 17.7 Å². The third kappa shape index (κ3) is 5.43. The SMILES string of the molecule is Cc1ccc(C)c(C(=O)CCC(=O)NC2CCNCC2)c1.Cl. The first-order valence-electron chi connectivity index (χ1n) is 7.67. The third-order valence-corrected chi connectivity index (χ3v) is 3.98. The van der Waals surface area contributed by atoms with Crippen LogP contribution in [0.2, 0.25) is 0 Å². The molecule has 0 unspecified atom stereocenters. The lowest BCUT2D eigenvalue weighted by Crippen LogP contribution is -2.42. The van der Waals surface area contributed by atoms with E-state index in [0.29, 0.717) is 0 Å². The standard InChI is InChI=1S/C17H24N2O2.ClH/c1-12-3-4-13(2)15(11-12)16(20)5-6-17(21)19-14-7-9-18-10-8-14;/h3-4,11,14,18H,5-10H2,1-2H3,(H,19,21);1H. The highest BCUT2D eigenvalue weighted by molar-refractivity contribution is 5.99. The molecule has 0 bridgehead atoms. The molecule has 4 nitrogen and oxygen atoms in total. The second-order valence-electron chi connectivity index (χ2n) is 5.83. The Balaban J connectivity index is 0.00000242. The van der Waals surface area contributed by atoms with Crippen molar-refractivity contribution in [3.63, 3.8) is 0 Å². The van der Waals surface area contributed by atoms with Gasteiger partial charge in [0, 0.05) is 24.4 Å². The van der Waals surface area contributed by atoms with E-state index in [1.54, 1.807) is 0 Å². The van der Waals surface area contributed by atoms with Crippen molar-refractivity contribution in [1.29, 1.82) is 0 Å². The molecule has 1 heterocycles. The second-order valence-corrected chi connectivity index (χ2v) is 5.83. The number of piperidine rings is 1. The Bertz CT molecular complexity index is 525. The van der Waals surface area contributed by atoms with E-state index in [0.717, 1.165) is 42.6 Å². The summed E-state index contributed by atoms with van der Waals surface area (Å²) in [7, 11) is 0. The van der Waals surface area contributed by atoms with Gasteiger partial charge in [-0.2, -0.15) is 0 Å². The fourth-order valence-electron chi connectivity index (χ4n) is 2.66. The fraction of sp³-hybridized carbons (Fsp3) is 0.529. The maximum Gasteiger partial charge on any atom is 0.220 e. The van der Waals surface area contributed by atoms with E-state index >= 15 is 0 Å². The topological polar surface area (TPSA) is 58.2 Å². The Kier molecular flexibility index (Phi) is 7.56. The number of Topliss-reactive ketones (excluding diaryl/α,β-unsaturated/α-hetero) is 1. The van der Waals surface area contributed by atoms with Crippen molar-refractivity contribution in [1.82, 2.24) is 10.6 Å². The molecule has 1 aromatic rings. The monoisotopic (exact) mass is 324 g/mol. The van der Waals surface area contributed by atoms with Crippen LogP contribution in [0.1, 0.15) is 47.2 Å². The molecule has 1 aliphatic heterocycles. The van der Waals surface area contributed by atoms with Crippen molar-refractivity contribution >= 4 is 24.1 Å². The van der Waals surface area contributed by atoms with Gasteiger partial charge in [0.15, 0.2) is 5.78 Å². The Morgan fingerprint density at radius 2 is 1.86 bits per heavy atom. The molecule has 0 saturated carbocycles. The van der Waals surface area contributed by atoms with Gasteiger partial charge in [-0.15, -0.1) is 12.4 Å². The van der Waals surface area contributed by atoms with Gasteiger partial charge in [-0.3, -0.25) is 9.59 Å². The summed E-state index contributed by atoms with van der Waals surface area (Å²) < 4.78 is 0. The lowest BCUT2D eigenvalue weighted by atomic mass is 9.99. The molecule has 1 aliphatic rings. The molecule has 1 fully saturated rings. The molecular formula is C17H25ClN2O2. The minimum absolute atomic E-state index is 0. The zero-order valence-corrected chi connectivity index (χ0v) is 14.1. The van der Waals surface area contributed by atoms with Crippen molar-refractivity contribution in [3.8, 4) is 0 Å². The quantitative estimate of drug-likeness (QED) is 0.818. The highest BCUT2D eigenvalue weighted by atomic mass is 35.5. The van der Waals surface area contributed by atoms with Gasteiger partial charge in [-0.05, 0) is 51.4 Å². The smallest absolute Gasteiger partial charge is 0.220 e. The number of benzene rings is 1. The maximum atomic E-state index is 12.2. The number of nitrogens with one attached hydrogen (secondary N) is 2. The highest BCUT2D eigenvalue weighted by Crippen LogP contribution is 2.14. The number of rotatable bonds is 5. The molecule has 0 aliphatic carbocycles. The second kappa shape index (κ2) is 8.91. The summed E-state index contributed by atoms with van der Waals surface area (Å²) in [6.07, 6.45) is 2.49. The molecule has 22 heavy (non-hydrogen) atoms. The van der Waals surface area contributed by atoms with E-state index in [4.69, 9.17) is 0 Å². The largest absolute Gasteiger partial charge is 0.353 e. The van der Waals surface area contributed by atoms with Crippen LogP contribution in [-0.4, -0.2) is 30.8 Å². The molecule has 0 atom stereocenters. The average Bonchev–Trinajstić information content (AvgIpc) is 2.48. The molecule has 1 saturated heterocycles. The Morgan fingerprint density at radius 3 is 2.55 bits per heavy atom. The van der Waals surface area contributed by atoms with Gasteiger partial charge in [0.1, 0.15) is 0 Å². The van der Waals surface area contributed by atoms with Crippen LogP contribution in [0.5, 0.6) is 0 Å². The molecule has 2 rings (SSSR count). The number of carbonyl (C=O) groups is 2. The number of hydrogen-bond donors (Lipinski definition) is 2. The number of hydrogen-bond acceptors (Lipinski definition) is 3. The molecule has 0 aromatic heterocycles. The molecule has 1 aromatic carbocycles. The molecule has 5 heteroatoms. The Morgan fingerprint density at radius 1 is 1.18 bits per heavy atom. The van der Waals surface area contributed by atoms with Crippen LogP contribution < -0.4 is 10.6 Å². The van der Waals surface area contributed by atoms with Crippen molar-refractivity contribution in [2.75, 3.05) is 13.1 Å². The number of halogens is 1. The van der Waals surface area contributed by atoms with Gasteiger partial charge < -0.3 is 10.6 Å². The number of aryl methyl sites for hydroxylation is 2. The molecule has 2 N–H and O–H groups in total. The summed E-state index contributed by atoms with van der Waals surface area (Å²) in [5, 5.41) is 6.29. The van der Waals surface area contributed by atoms with Crippen LogP contribution >= 0.6 is 12.4 Å². The van der Waals surface area contributed by atoms with Gasteiger partial charge in [0.2, 0.25) is 5.91 Å². The zero-order chi connectivity index (χ0) is 15.2. The molecule has 0 radical (unpaired) electrons. The summed E-state index contributed by atoms with van der Waals surface area (Å²) in [6, 6.07) is 6.12. The highest BCUT2D eigenvalue weighted by Gasteiger charge is 2.16. The predicted octanol–water partition coefficient (Wildman–Crippen LogP) is 2.56. The van der Waals surface area contributed by atoms with E-state index < -0.39 is 0 Å². The van der Waals surface area contributed by atoms with Crippen molar-refractivity contribution < 1.29 is 9.59 Å². The van der Waals surface area contributed by atoms with Crippen molar-refractivity contribution in [2.45, 2.75) is 45.6 Å². The zero-order valence-electron chi connectivity index (χ0n) is 13.3. The summed E-state index contributed by atoms with van der Waals surface area (Å²) in [5.74, 6) is 0.0391.